The second-order valence-electron chi connectivity index (χ2n) is 7.47. The van der Waals surface area contributed by atoms with E-state index in [1.54, 1.807) is 42.5 Å². The summed E-state index contributed by atoms with van der Waals surface area (Å²) >= 11 is 0. The number of nitrogens with one attached hydrogen (secondary N) is 1. The van der Waals surface area contributed by atoms with Crippen molar-refractivity contribution in [3.8, 4) is 11.5 Å². The minimum absolute atomic E-state index is 0.423. The number of ether oxygens (including phenoxy) is 2. The molecule has 2 aromatic rings. The number of carboxylic acids is 1. The molecule has 2 saturated heterocycles. The number of benzene rings is 2. The minimum Gasteiger partial charge on any atom is -0.497 e. The van der Waals surface area contributed by atoms with Gasteiger partial charge >= 0.3 is 5.97 Å². The topological polar surface area (TPSA) is 105 Å². The summed E-state index contributed by atoms with van der Waals surface area (Å²) in [4.78, 5) is 39.6. The number of nitrogens with zero attached hydrogens (tertiary/aromatic N) is 1. The van der Waals surface area contributed by atoms with Gasteiger partial charge in [0.05, 0.1) is 31.7 Å². The minimum atomic E-state index is -1.18. The van der Waals surface area contributed by atoms with E-state index in [1.807, 2.05) is 6.92 Å². The molecule has 8 heteroatoms. The van der Waals surface area contributed by atoms with Gasteiger partial charge in [0.15, 0.2) is 0 Å². The number of anilines is 1. The Labute approximate surface area is 173 Å². The molecule has 0 unspecified atom stereocenters. The first-order valence-corrected chi connectivity index (χ1v) is 9.52. The molecular formula is C22H22N2O6. The number of aliphatic carboxylic acids is 1. The van der Waals surface area contributed by atoms with Crippen LogP contribution in [0.1, 0.15) is 17.2 Å². The van der Waals surface area contributed by atoms with Crippen LogP contribution in [0.4, 0.5) is 5.69 Å². The maximum absolute atomic E-state index is 13.4. The maximum Gasteiger partial charge on any atom is 0.321 e. The van der Waals surface area contributed by atoms with Crippen molar-refractivity contribution in [2.24, 2.45) is 11.8 Å². The predicted octanol–water partition coefficient (Wildman–Crippen LogP) is 1.92. The Bertz CT molecular complexity index is 1020. The number of hydrogen-bond acceptors (Lipinski definition) is 6. The van der Waals surface area contributed by atoms with Gasteiger partial charge in [0.1, 0.15) is 17.5 Å². The summed E-state index contributed by atoms with van der Waals surface area (Å²) in [6.07, 6.45) is 0. The summed E-state index contributed by atoms with van der Waals surface area (Å²) in [5, 5.41) is 12.7. The van der Waals surface area contributed by atoms with Crippen LogP contribution in [0.5, 0.6) is 11.5 Å². The van der Waals surface area contributed by atoms with Gasteiger partial charge in [0, 0.05) is 17.7 Å². The quantitative estimate of drug-likeness (QED) is 0.726. The first-order valence-electron chi connectivity index (χ1n) is 9.52. The molecule has 2 N–H and O–H groups in total. The largest absolute Gasteiger partial charge is 0.497 e. The monoisotopic (exact) mass is 410 g/mol. The normalized spacial score (nSPS) is 25.4. The van der Waals surface area contributed by atoms with Gasteiger partial charge in [-0.2, -0.15) is 0 Å². The highest BCUT2D eigenvalue weighted by atomic mass is 16.5. The van der Waals surface area contributed by atoms with Crippen molar-refractivity contribution in [3.63, 3.8) is 0 Å². The fourth-order valence-corrected chi connectivity index (χ4v) is 4.35. The van der Waals surface area contributed by atoms with E-state index in [2.05, 4.69) is 5.32 Å². The van der Waals surface area contributed by atoms with Crippen molar-refractivity contribution in [3.05, 3.63) is 53.6 Å². The zero-order chi connectivity index (χ0) is 21.6. The van der Waals surface area contributed by atoms with Gasteiger partial charge in [0.25, 0.3) is 0 Å². The van der Waals surface area contributed by atoms with E-state index in [0.29, 0.717) is 22.7 Å². The Kier molecular flexibility index (Phi) is 4.95. The summed E-state index contributed by atoms with van der Waals surface area (Å²) in [6.45, 7) is 1.91. The molecule has 0 aromatic heterocycles. The second kappa shape index (κ2) is 7.46. The van der Waals surface area contributed by atoms with Gasteiger partial charge in [-0.1, -0.05) is 23.8 Å². The fraction of sp³-hybridized carbons (Fsp3) is 0.318. The molecule has 0 saturated carbocycles. The van der Waals surface area contributed by atoms with E-state index in [9.17, 15) is 19.5 Å². The van der Waals surface area contributed by atoms with Gasteiger partial charge in [-0.3, -0.25) is 19.7 Å². The molecule has 2 fully saturated rings. The van der Waals surface area contributed by atoms with Gasteiger partial charge in [-0.15, -0.1) is 0 Å². The van der Waals surface area contributed by atoms with Crippen LogP contribution in [-0.2, 0) is 14.4 Å². The van der Waals surface area contributed by atoms with E-state index in [1.165, 1.54) is 14.2 Å². The number of carbonyl (C=O) groups excluding carboxylic acids is 2. The molecule has 0 radical (unpaired) electrons. The number of fused-ring (bicyclic) bond motifs is 1. The van der Waals surface area contributed by atoms with E-state index in [4.69, 9.17) is 9.47 Å². The Morgan fingerprint density at radius 1 is 1.00 bits per heavy atom. The molecule has 4 atom stereocenters. The number of amides is 2. The van der Waals surface area contributed by atoms with Gasteiger partial charge in [-0.25, -0.2) is 4.90 Å². The lowest BCUT2D eigenvalue weighted by Crippen LogP contribution is -2.43. The van der Waals surface area contributed by atoms with Gasteiger partial charge in [-0.05, 0) is 25.1 Å². The number of carboxylic acid groups (broad SMARTS) is 1. The fourth-order valence-electron chi connectivity index (χ4n) is 4.35. The standard InChI is InChI=1S/C22H22N2O6/c1-11-4-6-12(7-5-11)24-20(25)16-17(21(24)26)19(22(27)28)23-18(16)14-9-8-13(29-2)10-15(14)30-3/h4-10,16-19,23H,1-3H3,(H,27,28)/t16-,17-,18-,19-/m0/s1. The van der Waals surface area contributed by atoms with Crippen LogP contribution in [-0.4, -0.2) is 43.2 Å². The first kappa shape index (κ1) is 19.9. The number of imide groups is 1. The Morgan fingerprint density at radius 3 is 2.27 bits per heavy atom. The molecule has 156 valence electrons. The number of hydrogen-bond donors (Lipinski definition) is 2. The van der Waals surface area contributed by atoms with Crippen molar-refractivity contribution in [1.82, 2.24) is 5.32 Å². The van der Waals surface area contributed by atoms with Crippen LogP contribution < -0.4 is 19.7 Å². The van der Waals surface area contributed by atoms with Crippen LogP contribution in [0.2, 0.25) is 0 Å². The van der Waals surface area contributed by atoms with E-state index in [-0.39, 0.29) is 0 Å². The molecule has 2 aliphatic rings. The van der Waals surface area contributed by atoms with Crippen LogP contribution in [0.15, 0.2) is 42.5 Å². The van der Waals surface area contributed by atoms with E-state index in [0.717, 1.165) is 10.5 Å². The smallest absolute Gasteiger partial charge is 0.321 e. The van der Waals surface area contributed by atoms with Crippen LogP contribution in [0.25, 0.3) is 0 Å². The third-order valence-corrected chi connectivity index (χ3v) is 5.81. The number of rotatable bonds is 5. The summed E-state index contributed by atoms with van der Waals surface area (Å²) in [7, 11) is 3.01. The van der Waals surface area contributed by atoms with Crippen molar-refractivity contribution < 1.29 is 29.0 Å². The average Bonchev–Trinajstić information content (AvgIpc) is 3.25. The molecule has 0 bridgehead atoms. The Balaban J connectivity index is 1.79. The van der Waals surface area contributed by atoms with Crippen molar-refractivity contribution >= 4 is 23.5 Å². The van der Waals surface area contributed by atoms with Crippen LogP contribution >= 0.6 is 0 Å². The molecule has 2 amide bonds. The number of carbonyl (C=O) groups is 3. The molecule has 2 aromatic carbocycles. The molecule has 0 aliphatic carbocycles. The van der Waals surface area contributed by atoms with Crippen molar-refractivity contribution in [1.29, 1.82) is 0 Å². The van der Waals surface area contributed by atoms with Crippen molar-refractivity contribution in [2.75, 3.05) is 19.1 Å². The van der Waals surface area contributed by atoms with Crippen LogP contribution in [0, 0.1) is 18.8 Å². The predicted molar refractivity (Wildman–Crippen MR) is 107 cm³/mol. The third-order valence-electron chi connectivity index (χ3n) is 5.81. The summed E-state index contributed by atoms with van der Waals surface area (Å²) in [5.74, 6) is -2.96. The van der Waals surface area contributed by atoms with E-state index < -0.39 is 41.7 Å². The van der Waals surface area contributed by atoms with Gasteiger partial charge in [0.2, 0.25) is 11.8 Å². The summed E-state index contributed by atoms with van der Waals surface area (Å²) in [6, 6.07) is 10.2. The lowest BCUT2D eigenvalue weighted by molar-refractivity contribution is -0.142. The SMILES string of the molecule is COc1ccc([C@@H]2N[C@H](C(=O)O)[C@H]3C(=O)N(c4ccc(C)cc4)C(=O)[C@@H]32)c(OC)c1. The summed E-state index contributed by atoms with van der Waals surface area (Å²) < 4.78 is 10.7. The number of methoxy groups -OCH3 is 2. The highest BCUT2D eigenvalue weighted by Gasteiger charge is 2.61. The van der Waals surface area contributed by atoms with E-state index >= 15 is 0 Å². The first-order chi connectivity index (χ1) is 14.4. The summed E-state index contributed by atoms with van der Waals surface area (Å²) in [5.41, 5.74) is 2.03. The molecule has 2 heterocycles. The average molecular weight is 410 g/mol. The van der Waals surface area contributed by atoms with Crippen molar-refractivity contribution in [2.45, 2.75) is 19.0 Å². The maximum atomic E-state index is 13.4. The second-order valence-corrected chi connectivity index (χ2v) is 7.47. The molecule has 30 heavy (non-hydrogen) atoms. The lowest BCUT2D eigenvalue weighted by atomic mass is 9.86. The zero-order valence-corrected chi connectivity index (χ0v) is 16.8. The zero-order valence-electron chi connectivity index (χ0n) is 16.8. The molecule has 2 aliphatic heterocycles. The highest BCUT2D eigenvalue weighted by molar-refractivity contribution is 6.23. The van der Waals surface area contributed by atoms with Gasteiger partial charge < -0.3 is 14.6 Å². The highest BCUT2D eigenvalue weighted by Crippen LogP contribution is 2.47. The third kappa shape index (κ3) is 3.00. The Hall–Kier alpha value is -3.39. The molecular weight excluding hydrogens is 388 g/mol. The Morgan fingerprint density at radius 2 is 1.67 bits per heavy atom. The number of aryl methyl sites for hydroxylation is 1. The lowest BCUT2D eigenvalue weighted by Gasteiger charge is -2.23. The molecule has 0 spiro atoms. The molecule has 8 nitrogen and oxygen atoms in total. The molecule has 4 rings (SSSR count). The van der Waals surface area contributed by atoms with Crippen LogP contribution in [0.3, 0.4) is 0 Å².